The van der Waals surface area contributed by atoms with E-state index in [1.807, 2.05) is 0 Å². The van der Waals surface area contributed by atoms with E-state index < -0.39 is 11.9 Å². The molecule has 0 aliphatic carbocycles. The van der Waals surface area contributed by atoms with E-state index in [1.54, 1.807) is 7.05 Å². The van der Waals surface area contributed by atoms with Crippen molar-refractivity contribution in [1.29, 1.82) is 0 Å². The van der Waals surface area contributed by atoms with Gasteiger partial charge in [0.05, 0.1) is 5.01 Å². The number of aliphatic imine (C=N–C) groups is 1. The van der Waals surface area contributed by atoms with Gasteiger partial charge in [0.15, 0.2) is 11.7 Å². The molecule has 1 atom stereocenters. The van der Waals surface area contributed by atoms with E-state index in [4.69, 9.17) is 0 Å². The molecule has 2 heterocycles. The highest BCUT2D eigenvalue weighted by Gasteiger charge is 2.33. The van der Waals surface area contributed by atoms with Crippen LogP contribution in [0.15, 0.2) is 10.4 Å². The third kappa shape index (κ3) is 6.36. The molecule has 24 heavy (non-hydrogen) atoms. The van der Waals surface area contributed by atoms with Crippen molar-refractivity contribution in [3.05, 3.63) is 16.1 Å². The van der Waals surface area contributed by atoms with Crippen LogP contribution in [0.3, 0.4) is 0 Å². The van der Waals surface area contributed by atoms with E-state index in [9.17, 15) is 13.2 Å². The summed E-state index contributed by atoms with van der Waals surface area (Å²) in [5.41, 5.74) is -0.815. The summed E-state index contributed by atoms with van der Waals surface area (Å²) in [6.45, 7) is 2.42. The molecule has 1 fully saturated rings. The van der Waals surface area contributed by atoms with Crippen LogP contribution in [0.25, 0.3) is 0 Å². The summed E-state index contributed by atoms with van der Waals surface area (Å²) < 4.78 is 37.4. The Morgan fingerprint density at radius 2 is 2.21 bits per heavy atom. The summed E-state index contributed by atoms with van der Waals surface area (Å²) in [5.74, 6) is 0.665. The number of likely N-dealkylation sites (tertiary alicyclic amines) is 1. The predicted octanol–water partition coefficient (Wildman–Crippen LogP) is 2.58. The number of halogens is 4. The van der Waals surface area contributed by atoms with Crippen LogP contribution in [-0.2, 0) is 12.6 Å². The van der Waals surface area contributed by atoms with Crippen molar-refractivity contribution in [2.24, 2.45) is 4.99 Å². The molecule has 0 radical (unpaired) electrons. The molecule has 2 rings (SSSR count). The maximum Gasteiger partial charge on any atom is 0.434 e. The van der Waals surface area contributed by atoms with Gasteiger partial charge in [-0.2, -0.15) is 13.2 Å². The minimum Gasteiger partial charge on any atom is -0.356 e. The van der Waals surface area contributed by atoms with Gasteiger partial charge in [-0.25, -0.2) is 4.98 Å². The molecule has 1 aromatic heterocycles. The van der Waals surface area contributed by atoms with Crippen LogP contribution in [0, 0.1) is 0 Å². The maximum atomic E-state index is 12.5. The van der Waals surface area contributed by atoms with E-state index in [0.29, 0.717) is 30.0 Å². The first-order valence-corrected chi connectivity index (χ1v) is 8.44. The lowest BCUT2D eigenvalue weighted by Gasteiger charge is -2.21. The summed E-state index contributed by atoms with van der Waals surface area (Å²) in [6.07, 6.45) is -1.56. The topological polar surface area (TPSA) is 52.6 Å². The van der Waals surface area contributed by atoms with Crippen LogP contribution in [0.1, 0.15) is 23.5 Å². The Bertz CT molecular complexity index is 535. The molecule has 138 valence electrons. The quantitative estimate of drug-likeness (QED) is 0.389. The van der Waals surface area contributed by atoms with Crippen molar-refractivity contribution in [3.8, 4) is 0 Å². The molecule has 1 unspecified atom stereocenters. The standard InChI is InChI=1S/C14H22F3N5S.HI/c1-18-13(20-8-10-4-3-7-22(10)2)19-6-5-12-21-11(9-23-12)14(15,16)17;/h9-10H,3-8H2,1-2H3,(H2,18,19,20);1H. The van der Waals surface area contributed by atoms with Gasteiger partial charge >= 0.3 is 6.18 Å². The number of aromatic nitrogens is 1. The zero-order chi connectivity index (χ0) is 16.9. The number of alkyl halides is 3. The van der Waals surface area contributed by atoms with Crippen molar-refractivity contribution >= 4 is 41.3 Å². The summed E-state index contributed by atoms with van der Waals surface area (Å²) in [7, 11) is 3.79. The Hall–Kier alpha value is -0.620. The van der Waals surface area contributed by atoms with Crippen LogP contribution in [-0.4, -0.2) is 55.6 Å². The number of rotatable bonds is 5. The molecule has 1 aliphatic rings. The van der Waals surface area contributed by atoms with Gasteiger partial charge in [0, 0.05) is 38.0 Å². The van der Waals surface area contributed by atoms with E-state index in [-0.39, 0.29) is 24.0 Å². The van der Waals surface area contributed by atoms with Gasteiger partial charge in [0.1, 0.15) is 0 Å². The zero-order valence-electron chi connectivity index (χ0n) is 13.7. The second-order valence-electron chi connectivity index (χ2n) is 5.53. The number of hydrogen-bond acceptors (Lipinski definition) is 4. The average molecular weight is 477 g/mol. The highest BCUT2D eigenvalue weighted by atomic mass is 127. The molecule has 0 spiro atoms. The average Bonchev–Trinajstić information content (AvgIpc) is 3.11. The first kappa shape index (κ1) is 21.4. The number of nitrogens with one attached hydrogen (secondary N) is 2. The number of nitrogens with zero attached hydrogens (tertiary/aromatic N) is 3. The molecule has 1 saturated heterocycles. The molecule has 0 amide bonds. The first-order valence-electron chi connectivity index (χ1n) is 7.56. The van der Waals surface area contributed by atoms with Crippen LogP contribution in [0.4, 0.5) is 13.2 Å². The lowest BCUT2D eigenvalue weighted by atomic mass is 10.2. The molecule has 10 heteroatoms. The van der Waals surface area contributed by atoms with Gasteiger partial charge < -0.3 is 15.5 Å². The normalized spacial score (nSPS) is 19.2. The van der Waals surface area contributed by atoms with E-state index in [1.165, 1.54) is 12.8 Å². The van der Waals surface area contributed by atoms with Crippen molar-refractivity contribution in [1.82, 2.24) is 20.5 Å². The Morgan fingerprint density at radius 1 is 1.46 bits per heavy atom. The van der Waals surface area contributed by atoms with Crippen LogP contribution in [0.5, 0.6) is 0 Å². The minimum atomic E-state index is -4.37. The Balaban J connectivity index is 0.00000288. The SMILES string of the molecule is CN=C(NCCc1nc(C(F)(F)F)cs1)NCC1CCCN1C.I. The van der Waals surface area contributed by atoms with Crippen molar-refractivity contribution in [2.45, 2.75) is 31.5 Å². The van der Waals surface area contributed by atoms with Crippen molar-refractivity contribution < 1.29 is 13.2 Å². The van der Waals surface area contributed by atoms with E-state index >= 15 is 0 Å². The largest absolute Gasteiger partial charge is 0.434 e. The Labute approximate surface area is 161 Å². The smallest absolute Gasteiger partial charge is 0.356 e. The molecule has 0 aromatic carbocycles. The van der Waals surface area contributed by atoms with Gasteiger partial charge in [0.25, 0.3) is 0 Å². The van der Waals surface area contributed by atoms with E-state index in [2.05, 4.69) is 32.6 Å². The van der Waals surface area contributed by atoms with Gasteiger partial charge in [-0.15, -0.1) is 35.3 Å². The van der Waals surface area contributed by atoms with Gasteiger partial charge in [-0.3, -0.25) is 4.99 Å². The van der Waals surface area contributed by atoms with Crippen molar-refractivity contribution in [3.63, 3.8) is 0 Å². The molecule has 1 aliphatic heterocycles. The molecule has 5 nitrogen and oxygen atoms in total. The Kier molecular flexibility index (Phi) is 8.71. The number of hydrogen-bond donors (Lipinski definition) is 2. The monoisotopic (exact) mass is 477 g/mol. The van der Waals surface area contributed by atoms with Crippen LogP contribution < -0.4 is 10.6 Å². The highest BCUT2D eigenvalue weighted by molar-refractivity contribution is 14.0. The molecular formula is C14H23F3IN5S. The summed E-state index contributed by atoms with van der Waals surface area (Å²) >= 11 is 1.03. The number of likely N-dealkylation sites (N-methyl/N-ethyl adjacent to an activating group) is 1. The van der Waals surface area contributed by atoms with Gasteiger partial charge in [-0.1, -0.05) is 0 Å². The fourth-order valence-electron chi connectivity index (χ4n) is 2.52. The van der Waals surface area contributed by atoms with Gasteiger partial charge in [0.2, 0.25) is 0 Å². The summed E-state index contributed by atoms with van der Waals surface area (Å²) in [5, 5.41) is 7.89. The number of thiazole rings is 1. The van der Waals surface area contributed by atoms with Crippen molar-refractivity contribution in [2.75, 3.05) is 33.7 Å². The lowest BCUT2D eigenvalue weighted by molar-refractivity contribution is -0.140. The maximum absolute atomic E-state index is 12.5. The third-order valence-electron chi connectivity index (χ3n) is 3.87. The first-order chi connectivity index (χ1) is 10.9. The molecular weight excluding hydrogens is 454 g/mol. The zero-order valence-corrected chi connectivity index (χ0v) is 16.8. The third-order valence-corrected chi connectivity index (χ3v) is 4.78. The summed E-state index contributed by atoms with van der Waals surface area (Å²) in [6, 6.07) is 0.502. The fourth-order valence-corrected chi connectivity index (χ4v) is 3.32. The minimum absolute atomic E-state index is 0. The summed E-state index contributed by atoms with van der Waals surface area (Å²) in [4.78, 5) is 10.1. The highest BCUT2D eigenvalue weighted by Crippen LogP contribution is 2.29. The lowest BCUT2D eigenvalue weighted by Crippen LogP contribution is -2.44. The molecule has 1 aromatic rings. The fraction of sp³-hybridized carbons (Fsp3) is 0.714. The van der Waals surface area contributed by atoms with Crippen LogP contribution in [0.2, 0.25) is 0 Å². The molecule has 0 saturated carbocycles. The predicted molar refractivity (Wildman–Crippen MR) is 101 cm³/mol. The Morgan fingerprint density at radius 3 is 2.75 bits per heavy atom. The second kappa shape index (κ2) is 9.76. The number of guanidine groups is 1. The molecule has 0 bridgehead atoms. The molecule has 2 N–H and O–H groups in total. The van der Waals surface area contributed by atoms with Gasteiger partial charge in [-0.05, 0) is 26.4 Å². The van der Waals surface area contributed by atoms with Crippen LogP contribution >= 0.6 is 35.3 Å². The second-order valence-corrected chi connectivity index (χ2v) is 6.47. The van der Waals surface area contributed by atoms with E-state index in [0.717, 1.165) is 29.8 Å².